The molecule has 0 radical (unpaired) electrons. The molecule has 2 heterocycles. The first-order valence-corrected chi connectivity index (χ1v) is 8.78. The number of nitrogens with one attached hydrogen (secondary N) is 1. The molecule has 0 saturated carbocycles. The average molecular weight is 352 g/mol. The summed E-state index contributed by atoms with van der Waals surface area (Å²) in [4.78, 5) is 39.2. The highest BCUT2D eigenvalue weighted by molar-refractivity contribution is 6.28. The lowest BCUT2D eigenvalue weighted by Crippen LogP contribution is -2.58. The molecule has 136 valence electrons. The molecule has 2 aliphatic heterocycles. The molecule has 1 fully saturated rings. The number of carbonyl (C=O) groups excluding carboxylic acids is 3. The van der Waals surface area contributed by atoms with E-state index in [0.29, 0.717) is 34.9 Å². The van der Waals surface area contributed by atoms with E-state index in [1.54, 1.807) is 12.1 Å². The first-order valence-electron chi connectivity index (χ1n) is 8.78. The zero-order valence-electron chi connectivity index (χ0n) is 15.5. The minimum atomic E-state index is -0.826. The highest BCUT2D eigenvalue weighted by Crippen LogP contribution is 2.22. The van der Waals surface area contributed by atoms with Gasteiger partial charge >= 0.3 is 0 Å². The van der Waals surface area contributed by atoms with Gasteiger partial charge in [-0.25, -0.2) is 0 Å². The lowest BCUT2D eigenvalue weighted by molar-refractivity contribution is -0.134. The Labute approximate surface area is 153 Å². The van der Waals surface area contributed by atoms with E-state index in [1.165, 1.54) is 6.08 Å². The third kappa shape index (κ3) is 3.12. The van der Waals surface area contributed by atoms with Crippen LogP contribution in [0.5, 0.6) is 0 Å². The van der Waals surface area contributed by atoms with Crippen molar-refractivity contribution < 1.29 is 14.4 Å². The molecule has 2 aliphatic rings. The molecule has 0 spiro atoms. The monoisotopic (exact) mass is 352 g/mol. The van der Waals surface area contributed by atoms with Crippen molar-refractivity contribution in [3.63, 3.8) is 0 Å². The van der Waals surface area contributed by atoms with E-state index in [1.807, 2.05) is 32.9 Å². The summed E-state index contributed by atoms with van der Waals surface area (Å²) in [5.41, 5.74) is 1.36. The molecule has 1 atom stereocenters. The summed E-state index contributed by atoms with van der Waals surface area (Å²) in [6.07, 6.45) is 4.21. The van der Waals surface area contributed by atoms with Gasteiger partial charge in [-0.1, -0.05) is 51.3 Å². The van der Waals surface area contributed by atoms with Crippen LogP contribution in [-0.4, -0.2) is 28.7 Å². The predicted molar refractivity (Wildman–Crippen MR) is 102 cm³/mol. The highest BCUT2D eigenvalue weighted by Gasteiger charge is 2.41. The number of nitrogens with zero attached hydrogens (tertiary/aromatic N) is 1. The lowest BCUT2D eigenvalue weighted by atomic mass is 9.94. The Morgan fingerprint density at radius 3 is 2.46 bits per heavy atom. The van der Waals surface area contributed by atoms with E-state index in [-0.39, 0.29) is 5.91 Å². The molecule has 0 bridgehead atoms. The Morgan fingerprint density at radius 1 is 1.19 bits per heavy atom. The van der Waals surface area contributed by atoms with Crippen molar-refractivity contribution in [2.75, 3.05) is 0 Å². The maximum atomic E-state index is 12.9. The molecule has 1 aromatic carbocycles. The van der Waals surface area contributed by atoms with Gasteiger partial charge < -0.3 is 5.32 Å². The predicted octanol–water partition coefficient (Wildman–Crippen LogP) is 1.62. The van der Waals surface area contributed by atoms with Crippen molar-refractivity contribution in [1.29, 1.82) is 0 Å². The molecule has 1 aromatic rings. The Balaban J connectivity index is 0.00000117. The molecule has 1 unspecified atom stereocenters. The van der Waals surface area contributed by atoms with Crippen molar-refractivity contribution in [2.24, 2.45) is 0 Å². The Kier molecular flexibility index (Phi) is 5.93. The number of rotatable bonds is 2. The SMILES string of the molecule is C=CC1=c2c(ccc/c2=C/C)C(=O)N(C2CCC(=C)NC2=O)C1=O.CC. The zero-order valence-corrected chi connectivity index (χ0v) is 15.5. The smallest absolute Gasteiger partial charge is 0.262 e. The van der Waals surface area contributed by atoms with Crippen LogP contribution >= 0.6 is 0 Å². The minimum absolute atomic E-state index is 0.343. The quantitative estimate of drug-likeness (QED) is 0.823. The minimum Gasteiger partial charge on any atom is -0.329 e. The fraction of sp³-hybridized carbons (Fsp3) is 0.286. The summed E-state index contributed by atoms with van der Waals surface area (Å²) >= 11 is 0. The fourth-order valence-electron chi connectivity index (χ4n) is 3.23. The number of imide groups is 1. The fourth-order valence-corrected chi connectivity index (χ4v) is 3.23. The number of piperidine rings is 1. The van der Waals surface area contributed by atoms with Gasteiger partial charge in [-0.15, -0.1) is 0 Å². The van der Waals surface area contributed by atoms with Gasteiger partial charge in [0.25, 0.3) is 11.8 Å². The van der Waals surface area contributed by atoms with Gasteiger partial charge in [-0.3, -0.25) is 19.3 Å². The third-order valence-corrected chi connectivity index (χ3v) is 4.41. The number of fused-ring (bicyclic) bond motifs is 1. The highest BCUT2D eigenvalue weighted by atomic mass is 16.2. The second kappa shape index (κ2) is 7.95. The number of benzene rings is 1. The number of hydrogen-bond acceptors (Lipinski definition) is 3. The summed E-state index contributed by atoms with van der Waals surface area (Å²) in [5.74, 6) is -1.31. The van der Waals surface area contributed by atoms with Crippen molar-refractivity contribution in [1.82, 2.24) is 10.2 Å². The second-order valence-electron chi connectivity index (χ2n) is 5.80. The molecule has 5 heteroatoms. The van der Waals surface area contributed by atoms with Crippen LogP contribution in [0.4, 0.5) is 0 Å². The van der Waals surface area contributed by atoms with Crippen LogP contribution < -0.4 is 15.8 Å². The van der Waals surface area contributed by atoms with Crippen LogP contribution in [0.25, 0.3) is 11.6 Å². The molecule has 1 N–H and O–H groups in total. The molecular formula is C21H24N2O3. The maximum Gasteiger partial charge on any atom is 0.262 e. The van der Waals surface area contributed by atoms with Gasteiger partial charge in [0.1, 0.15) is 6.04 Å². The van der Waals surface area contributed by atoms with Gasteiger partial charge in [-0.05, 0) is 31.1 Å². The van der Waals surface area contributed by atoms with Crippen molar-refractivity contribution in [3.05, 3.63) is 59.1 Å². The van der Waals surface area contributed by atoms with Crippen molar-refractivity contribution in [3.8, 4) is 0 Å². The van der Waals surface area contributed by atoms with E-state index < -0.39 is 17.9 Å². The van der Waals surface area contributed by atoms with E-state index in [2.05, 4.69) is 18.5 Å². The maximum absolute atomic E-state index is 12.9. The standard InChI is InChI=1S/C19H18N2O3.C2H6/c1-4-12-7-6-8-14-16(12)13(5-2)18(23)21(19(14)24)15-10-9-11(3)20-17(15)22;1-2/h4-8,15H,2-3,9-10H2,1H3,(H,20,22);1-2H3/b12-4-;. The topological polar surface area (TPSA) is 66.5 Å². The van der Waals surface area contributed by atoms with Crippen molar-refractivity contribution >= 4 is 29.4 Å². The third-order valence-electron chi connectivity index (χ3n) is 4.41. The Hall–Kier alpha value is -2.95. The van der Waals surface area contributed by atoms with Crippen LogP contribution in [0.1, 0.15) is 44.0 Å². The van der Waals surface area contributed by atoms with Gasteiger partial charge in [0.2, 0.25) is 5.91 Å². The van der Waals surface area contributed by atoms with Crippen LogP contribution in [0, 0.1) is 0 Å². The normalized spacial score (nSPS) is 20.3. The van der Waals surface area contributed by atoms with Crippen LogP contribution in [0.2, 0.25) is 0 Å². The van der Waals surface area contributed by atoms with E-state index in [0.717, 1.165) is 10.1 Å². The number of allylic oxidation sites excluding steroid dienone is 1. The van der Waals surface area contributed by atoms with E-state index in [9.17, 15) is 14.4 Å². The van der Waals surface area contributed by atoms with Crippen LogP contribution in [0.3, 0.4) is 0 Å². The first kappa shape index (κ1) is 19.4. The second-order valence-corrected chi connectivity index (χ2v) is 5.80. The number of amides is 3. The van der Waals surface area contributed by atoms with Gasteiger partial charge in [0.15, 0.2) is 0 Å². The summed E-state index contributed by atoms with van der Waals surface area (Å²) in [6.45, 7) is 13.3. The lowest BCUT2D eigenvalue weighted by Gasteiger charge is -2.35. The summed E-state index contributed by atoms with van der Waals surface area (Å²) < 4.78 is 0. The molecule has 0 aromatic heterocycles. The van der Waals surface area contributed by atoms with Gasteiger partial charge in [0.05, 0.1) is 0 Å². The first-order chi connectivity index (χ1) is 12.5. The number of carbonyl (C=O) groups is 3. The molecule has 26 heavy (non-hydrogen) atoms. The zero-order chi connectivity index (χ0) is 19.4. The van der Waals surface area contributed by atoms with Crippen LogP contribution in [-0.2, 0) is 9.59 Å². The Bertz CT molecular complexity index is 912. The Morgan fingerprint density at radius 2 is 1.88 bits per heavy atom. The van der Waals surface area contributed by atoms with Crippen molar-refractivity contribution in [2.45, 2.75) is 39.7 Å². The van der Waals surface area contributed by atoms with Gasteiger partial charge in [-0.2, -0.15) is 0 Å². The summed E-state index contributed by atoms with van der Waals surface area (Å²) in [6, 6.07) is 4.46. The molecule has 3 amide bonds. The van der Waals surface area contributed by atoms with E-state index >= 15 is 0 Å². The molecule has 1 saturated heterocycles. The van der Waals surface area contributed by atoms with Gasteiger partial charge in [0, 0.05) is 22.1 Å². The van der Waals surface area contributed by atoms with E-state index in [4.69, 9.17) is 0 Å². The van der Waals surface area contributed by atoms with Crippen LogP contribution in [0.15, 0.2) is 43.1 Å². The number of hydrogen-bond donors (Lipinski definition) is 1. The largest absolute Gasteiger partial charge is 0.329 e. The average Bonchev–Trinajstić information content (AvgIpc) is 2.65. The molecule has 0 aliphatic carbocycles. The summed E-state index contributed by atoms with van der Waals surface area (Å²) in [5, 5.41) is 4.01. The molecule has 5 nitrogen and oxygen atoms in total. The molecule has 3 rings (SSSR count). The molecular weight excluding hydrogens is 328 g/mol. The summed E-state index contributed by atoms with van der Waals surface area (Å²) in [7, 11) is 0.